The average Bonchev–Trinajstić information content (AvgIpc) is 2.48. The fourth-order valence-corrected chi connectivity index (χ4v) is 2.67. The molecular formula is C16H24N2O2. The van der Waals surface area contributed by atoms with Crippen LogP contribution in [0, 0.1) is 0 Å². The molecule has 0 saturated carbocycles. The normalized spacial score (nSPS) is 20.7. The van der Waals surface area contributed by atoms with E-state index in [9.17, 15) is 4.79 Å². The van der Waals surface area contributed by atoms with Gasteiger partial charge in [-0.2, -0.15) is 0 Å². The van der Waals surface area contributed by atoms with Crippen molar-refractivity contribution < 1.29 is 9.53 Å². The van der Waals surface area contributed by atoms with Gasteiger partial charge in [0.1, 0.15) is 0 Å². The van der Waals surface area contributed by atoms with Gasteiger partial charge in [0.2, 0.25) is 5.91 Å². The Labute approximate surface area is 120 Å². The van der Waals surface area contributed by atoms with E-state index in [1.165, 1.54) is 0 Å². The first-order valence-electron chi connectivity index (χ1n) is 7.40. The summed E-state index contributed by atoms with van der Waals surface area (Å²) in [7, 11) is 0. The number of nitrogens with zero attached hydrogens (tertiary/aromatic N) is 1. The van der Waals surface area contributed by atoms with Gasteiger partial charge in [-0.25, -0.2) is 0 Å². The van der Waals surface area contributed by atoms with Crippen molar-refractivity contribution in [3.63, 3.8) is 0 Å². The molecule has 1 saturated heterocycles. The summed E-state index contributed by atoms with van der Waals surface area (Å²) >= 11 is 0. The Hall–Kier alpha value is -1.39. The lowest BCUT2D eigenvalue weighted by Crippen LogP contribution is -2.44. The van der Waals surface area contributed by atoms with E-state index in [1.54, 1.807) is 0 Å². The third kappa shape index (κ3) is 4.05. The maximum absolute atomic E-state index is 12.3. The molecule has 0 spiro atoms. The van der Waals surface area contributed by atoms with E-state index >= 15 is 0 Å². The van der Waals surface area contributed by atoms with E-state index in [1.807, 2.05) is 42.2 Å². The molecule has 2 rings (SSSR count). The molecule has 1 aliphatic heterocycles. The molecule has 1 aliphatic rings. The largest absolute Gasteiger partial charge is 0.377 e. The Balaban J connectivity index is 1.88. The maximum Gasteiger partial charge on any atom is 0.224 e. The summed E-state index contributed by atoms with van der Waals surface area (Å²) in [4.78, 5) is 14.2. The highest BCUT2D eigenvalue weighted by atomic mass is 16.5. The Morgan fingerprint density at radius 3 is 2.90 bits per heavy atom. The molecule has 2 unspecified atom stereocenters. The van der Waals surface area contributed by atoms with E-state index in [0.717, 1.165) is 24.9 Å². The molecule has 0 radical (unpaired) electrons. The SMILES string of the molecule is CCOC1CCCN(C(=O)CC(N)c2ccccc2)C1. The van der Waals surface area contributed by atoms with Crippen LogP contribution >= 0.6 is 0 Å². The minimum atomic E-state index is -0.226. The molecule has 1 aromatic rings. The number of benzene rings is 1. The molecule has 2 atom stereocenters. The van der Waals surface area contributed by atoms with Crippen LogP contribution in [0.25, 0.3) is 0 Å². The van der Waals surface area contributed by atoms with Crippen LogP contribution in [0.15, 0.2) is 30.3 Å². The van der Waals surface area contributed by atoms with E-state index in [2.05, 4.69) is 0 Å². The molecule has 1 fully saturated rings. The molecule has 0 bridgehead atoms. The van der Waals surface area contributed by atoms with Gasteiger partial charge in [-0.15, -0.1) is 0 Å². The molecule has 1 amide bonds. The molecule has 20 heavy (non-hydrogen) atoms. The predicted octanol–water partition coefficient (Wildman–Crippen LogP) is 2.10. The van der Waals surface area contributed by atoms with E-state index < -0.39 is 0 Å². The number of hydrogen-bond acceptors (Lipinski definition) is 3. The molecule has 110 valence electrons. The third-order valence-corrected chi connectivity index (χ3v) is 3.76. The first-order valence-corrected chi connectivity index (χ1v) is 7.40. The lowest BCUT2D eigenvalue weighted by atomic mass is 10.0. The van der Waals surface area contributed by atoms with Crippen molar-refractivity contribution in [3.05, 3.63) is 35.9 Å². The molecule has 4 heteroatoms. The number of nitrogens with two attached hydrogens (primary N) is 1. The number of amides is 1. The molecule has 0 aliphatic carbocycles. The summed E-state index contributed by atoms with van der Waals surface area (Å²) in [6.07, 6.45) is 2.60. The van der Waals surface area contributed by atoms with Crippen LogP contribution in [0.5, 0.6) is 0 Å². The van der Waals surface area contributed by atoms with Gasteiger partial charge in [0.25, 0.3) is 0 Å². The van der Waals surface area contributed by atoms with Gasteiger partial charge < -0.3 is 15.4 Å². The van der Waals surface area contributed by atoms with E-state index in [-0.39, 0.29) is 18.1 Å². The highest BCUT2D eigenvalue weighted by molar-refractivity contribution is 5.77. The van der Waals surface area contributed by atoms with Crippen molar-refractivity contribution in [2.24, 2.45) is 5.73 Å². The van der Waals surface area contributed by atoms with Crippen molar-refractivity contribution in [1.29, 1.82) is 0 Å². The fraction of sp³-hybridized carbons (Fsp3) is 0.562. The standard InChI is InChI=1S/C16H24N2O2/c1-2-20-14-9-6-10-18(12-14)16(19)11-15(17)13-7-4-3-5-8-13/h3-5,7-8,14-15H,2,6,9-12,17H2,1H3. The lowest BCUT2D eigenvalue weighted by molar-refractivity contribution is -0.135. The van der Waals surface area contributed by atoms with Crippen LogP contribution in [0.3, 0.4) is 0 Å². The minimum absolute atomic E-state index is 0.130. The van der Waals surface area contributed by atoms with Crippen LogP contribution in [-0.2, 0) is 9.53 Å². The molecule has 1 aromatic carbocycles. The van der Waals surface area contributed by atoms with Crippen molar-refractivity contribution in [2.75, 3.05) is 19.7 Å². The summed E-state index contributed by atoms with van der Waals surface area (Å²) < 4.78 is 5.63. The number of hydrogen-bond donors (Lipinski definition) is 1. The third-order valence-electron chi connectivity index (χ3n) is 3.76. The van der Waals surface area contributed by atoms with Crippen molar-refractivity contribution >= 4 is 5.91 Å². The van der Waals surface area contributed by atoms with E-state index in [4.69, 9.17) is 10.5 Å². The Morgan fingerprint density at radius 2 is 2.20 bits per heavy atom. The number of ether oxygens (including phenoxy) is 1. The zero-order valence-electron chi connectivity index (χ0n) is 12.1. The van der Waals surface area contributed by atoms with Gasteiger partial charge in [0, 0.05) is 32.2 Å². The van der Waals surface area contributed by atoms with Gasteiger partial charge >= 0.3 is 0 Å². The first kappa shape index (κ1) is 15.0. The lowest BCUT2D eigenvalue weighted by Gasteiger charge is -2.33. The molecular weight excluding hydrogens is 252 g/mol. The first-order chi connectivity index (χ1) is 9.70. The Kier molecular flexibility index (Phi) is 5.56. The van der Waals surface area contributed by atoms with Crippen LogP contribution in [-0.4, -0.2) is 36.6 Å². The van der Waals surface area contributed by atoms with Crippen LogP contribution in [0.1, 0.15) is 37.8 Å². The summed E-state index contributed by atoms with van der Waals surface area (Å²) in [6.45, 7) is 4.22. The topological polar surface area (TPSA) is 55.6 Å². The molecule has 4 nitrogen and oxygen atoms in total. The van der Waals surface area contributed by atoms with Gasteiger partial charge in [-0.1, -0.05) is 30.3 Å². The smallest absolute Gasteiger partial charge is 0.224 e. The van der Waals surface area contributed by atoms with Gasteiger partial charge in [-0.05, 0) is 25.3 Å². The zero-order chi connectivity index (χ0) is 14.4. The average molecular weight is 276 g/mol. The second-order valence-corrected chi connectivity index (χ2v) is 5.28. The number of carbonyl (C=O) groups excluding carboxylic acids is 1. The fourth-order valence-electron chi connectivity index (χ4n) is 2.67. The Bertz CT molecular complexity index is 420. The van der Waals surface area contributed by atoms with Gasteiger partial charge in [0.05, 0.1) is 6.10 Å². The molecule has 0 aromatic heterocycles. The highest BCUT2D eigenvalue weighted by Crippen LogP contribution is 2.18. The molecule has 1 heterocycles. The van der Waals surface area contributed by atoms with Crippen molar-refractivity contribution in [3.8, 4) is 0 Å². The summed E-state index contributed by atoms with van der Waals surface area (Å²) in [5.41, 5.74) is 7.13. The number of carbonyl (C=O) groups is 1. The summed E-state index contributed by atoms with van der Waals surface area (Å²) in [5.74, 6) is 0.130. The number of rotatable bonds is 5. The van der Waals surface area contributed by atoms with Gasteiger partial charge in [0.15, 0.2) is 0 Å². The maximum atomic E-state index is 12.3. The summed E-state index contributed by atoms with van der Waals surface area (Å²) in [5, 5.41) is 0. The van der Waals surface area contributed by atoms with Crippen molar-refractivity contribution in [1.82, 2.24) is 4.90 Å². The minimum Gasteiger partial charge on any atom is -0.377 e. The van der Waals surface area contributed by atoms with Crippen molar-refractivity contribution in [2.45, 2.75) is 38.3 Å². The summed E-state index contributed by atoms with van der Waals surface area (Å²) in [6, 6.07) is 9.57. The Morgan fingerprint density at radius 1 is 1.45 bits per heavy atom. The second kappa shape index (κ2) is 7.41. The zero-order valence-corrected chi connectivity index (χ0v) is 12.1. The molecule has 2 N–H and O–H groups in total. The second-order valence-electron chi connectivity index (χ2n) is 5.28. The number of piperidine rings is 1. The quantitative estimate of drug-likeness (QED) is 0.896. The van der Waals surface area contributed by atoms with Crippen LogP contribution in [0.2, 0.25) is 0 Å². The van der Waals surface area contributed by atoms with Crippen LogP contribution in [0.4, 0.5) is 0 Å². The van der Waals surface area contributed by atoms with Crippen LogP contribution < -0.4 is 5.73 Å². The number of likely N-dealkylation sites (tertiary alicyclic amines) is 1. The van der Waals surface area contributed by atoms with E-state index in [0.29, 0.717) is 19.6 Å². The predicted molar refractivity (Wildman–Crippen MR) is 79.2 cm³/mol. The van der Waals surface area contributed by atoms with Gasteiger partial charge in [-0.3, -0.25) is 4.79 Å². The highest BCUT2D eigenvalue weighted by Gasteiger charge is 2.25. The monoisotopic (exact) mass is 276 g/mol.